The molecule has 1 aliphatic rings. The summed E-state index contributed by atoms with van der Waals surface area (Å²) >= 11 is 1.23. The average molecular weight is 272 g/mol. The largest absolute Gasteiger partial charge is 0.384 e. The van der Waals surface area contributed by atoms with Crippen molar-refractivity contribution in [1.82, 2.24) is 4.98 Å². The highest BCUT2D eigenvalue weighted by atomic mass is 32.2. The van der Waals surface area contributed by atoms with Crippen LogP contribution in [0.5, 0.6) is 0 Å². The van der Waals surface area contributed by atoms with Gasteiger partial charge in [-0.3, -0.25) is 0 Å². The fourth-order valence-corrected chi connectivity index (χ4v) is 4.59. The minimum absolute atomic E-state index is 0.121. The molecule has 5 nitrogen and oxygen atoms in total. The maximum absolute atomic E-state index is 11.8. The van der Waals surface area contributed by atoms with Crippen molar-refractivity contribution in [3.05, 3.63) is 11.1 Å². The van der Waals surface area contributed by atoms with Gasteiger partial charge in [-0.2, -0.15) is 0 Å². The van der Waals surface area contributed by atoms with Gasteiger partial charge >= 0.3 is 0 Å². The highest BCUT2D eigenvalue weighted by molar-refractivity contribution is 7.93. The molecule has 1 atom stereocenters. The number of aliphatic hydroxyl groups is 1. The van der Waals surface area contributed by atoms with E-state index in [1.165, 1.54) is 21.8 Å². The Morgan fingerprint density at radius 1 is 1.71 bits per heavy atom. The van der Waals surface area contributed by atoms with Crippen molar-refractivity contribution in [2.75, 3.05) is 23.2 Å². The predicted octanol–water partition coefficient (Wildman–Crippen LogP) is 0.273. The van der Waals surface area contributed by atoms with Gasteiger partial charge in [0, 0.05) is 6.54 Å². The van der Waals surface area contributed by atoms with Crippen molar-refractivity contribution < 1.29 is 13.5 Å². The van der Waals surface area contributed by atoms with Crippen molar-refractivity contribution in [3.63, 3.8) is 0 Å². The fraction of sp³-hybridized carbons (Fsp3) is 0.500. The van der Waals surface area contributed by atoms with Crippen LogP contribution in [-0.2, 0) is 10.0 Å². The molecule has 0 amide bonds. The highest BCUT2D eigenvalue weighted by Gasteiger charge is 2.35. The second-order valence-electron chi connectivity index (χ2n) is 3.88. The van der Waals surface area contributed by atoms with Crippen LogP contribution in [0.4, 0.5) is 5.13 Å². The van der Waals surface area contributed by atoms with Gasteiger partial charge in [-0.15, -0.1) is 0 Å². The van der Waals surface area contributed by atoms with Crippen LogP contribution in [0.1, 0.15) is 11.8 Å². The first-order chi connectivity index (χ1) is 8.03. The minimum atomic E-state index is -3.21. The summed E-state index contributed by atoms with van der Waals surface area (Å²) in [4.78, 5) is 4.72. The molecule has 0 bridgehead atoms. The molecule has 7 heteroatoms. The molecular formula is C10H12N2O3S2. The van der Waals surface area contributed by atoms with Crippen LogP contribution in [0.15, 0.2) is 6.20 Å². The predicted molar refractivity (Wildman–Crippen MR) is 66.4 cm³/mol. The van der Waals surface area contributed by atoms with Gasteiger partial charge in [0.25, 0.3) is 0 Å². The van der Waals surface area contributed by atoms with Crippen molar-refractivity contribution in [1.29, 1.82) is 0 Å². The van der Waals surface area contributed by atoms with E-state index >= 15 is 0 Å². The van der Waals surface area contributed by atoms with Gasteiger partial charge in [0.2, 0.25) is 10.0 Å². The fourth-order valence-electron chi connectivity index (χ4n) is 1.66. The summed E-state index contributed by atoms with van der Waals surface area (Å²) < 4.78 is 25.0. The van der Waals surface area contributed by atoms with E-state index in [-0.39, 0.29) is 18.3 Å². The van der Waals surface area contributed by atoms with Crippen molar-refractivity contribution in [2.45, 2.75) is 6.92 Å². The topological polar surface area (TPSA) is 70.5 Å². The van der Waals surface area contributed by atoms with Gasteiger partial charge in [0.05, 0.1) is 16.8 Å². The third-order valence-corrected chi connectivity index (χ3v) is 5.34. The van der Waals surface area contributed by atoms with Crippen molar-refractivity contribution >= 4 is 26.5 Å². The monoisotopic (exact) mass is 272 g/mol. The number of aliphatic hydroxyl groups excluding tert-OH is 1. The van der Waals surface area contributed by atoms with Crippen LogP contribution in [0.2, 0.25) is 0 Å². The van der Waals surface area contributed by atoms with E-state index < -0.39 is 10.0 Å². The Hall–Kier alpha value is -1.10. The maximum Gasteiger partial charge on any atom is 0.237 e. The van der Waals surface area contributed by atoms with Crippen LogP contribution in [0, 0.1) is 17.8 Å². The van der Waals surface area contributed by atoms with Crippen molar-refractivity contribution in [3.8, 4) is 11.8 Å². The first-order valence-corrected chi connectivity index (χ1v) is 7.51. The molecule has 1 fully saturated rings. The Balaban J connectivity index is 2.26. The standard InChI is InChI=1S/C10H12N2O3S2/c1-8-6-12(17(14,15)7-8)10-11-5-9(16-10)3-2-4-13/h5,8,13H,4,6-7H2,1H3. The smallest absolute Gasteiger partial charge is 0.237 e. The Morgan fingerprint density at radius 2 is 2.47 bits per heavy atom. The molecule has 92 valence electrons. The Bertz CT molecular complexity index is 568. The molecular weight excluding hydrogens is 260 g/mol. The summed E-state index contributed by atoms with van der Waals surface area (Å²) in [5.41, 5.74) is 0. The summed E-state index contributed by atoms with van der Waals surface area (Å²) in [6, 6.07) is 0. The van der Waals surface area contributed by atoms with Gasteiger partial charge < -0.3 is 5.11 Å². The Kier molecular flexibility index (Phi) is 3.38. The van der Waals surface area contributed by atoms with E-state index in [9.17, 15) is 8.42 Å². The van der Waals surface area contributed by atoms with Gasteiger partial charge in [-0.1, -0.05) is 30.1 Å². The molecule has 2 rings (SSSR count). The SMILES string of the molecule is CC1CN(c2ncc(C#CCO)s2)S(=O)(=O)C1. The summed E-state index contributed by atoms with van der Waals surface area (Å²) in [5.74, 6) is 5.51. The van der Waals surface area contributed by atoms with Gasteiger partial charge in [-0.05, 0) is 5.92 Å². The third-order valence-electron chi connectivity index (χ3n) is 2.31. The number of hydrogen-bond acceptors (Lipinski definition) is 5. The average Bonchev–Trinajstić information content (AvgIpc) is 2.79. The van der Waals surface area contributed by atoms with Gasteiger partial charge in [0.1, 0.15) is 6.61 Å². The van der Waals surface area contributed by atoms with E-state index in [1.54, 1.807) is 0 Å². The van der Waals surface area contributed by atoms with E-state index in [0.29, 0.717) is 16.6 Å². The maximum atomic E-state index is 11.8. The van der Waals surface area contributed by atoms with Crippen LogP contribution in [0.25, 0.3) is 0 Å². The van der Waals surface area contributed by atoms with Crippen LogP contribution >= 0.6 is 11.3 Å². The Morgan fingerprint density at radius 3 is 3.06 bits per heavy atom. The zero-order chi connectivity index (χ0) is 12.5. The van der Waals surface area contributed by atoms with E-state index in [4.69, 9.17) is 5.11 Å². The number of nitrogens with zero attached hydrogens (tertiary/aromatic N) is 2. The Labute approximate surface area is 104 Å². The van der Waals surface area contributed by atoms with E-state index in [2.05, 4.69) is 16.8 Å². The number of anilines is 1. The summed E-state index contributed by atoms with van der Waals surface area (Å²) in [6.07, 6.45) is 1.53. The van der Waals surface area contributed by atoms with E-state index in [0.717, 1.165) is 0 Å². The number of aromatic nitrogens is 1. The number of sulfonamides is 1. The lowest BCUT2D eigenvalue weighted by molar-refractivity contribution is 0.350. The lowest BCUT2D eigenvalue weighted by Gasteiger charge is -2.12. The molecule has 2 heterocycles. The lowest BCUT2D eigenvalue weighted by atomic mass is 10.2. The summed E-state index contributed by atoms with van der Waals surface area (Å²) in [5, 5.41) is 9.02. The first kappa shape index (κ1) is 12.4. The molecule has 1 unspecified atom stereocenters. The third kappa shape index (κ3) is 2.60. The second kappa shape index (κ2) is 4.64. The molecule has 0 aromatic carbocycles. The highest BCUT2D eigenvalue weighted by Crippen LogP contribution is 2.30. The van der Waals surface area contributed by atoms with Crippen LogP contribution in [-0.4, -0.2) is 37.4 Å². The summed E-state index contributed by atoms with van der Waals surface area (Å²) in [6.45, 7) is 2.16. The van der Waals surface area contributed by atoms with Crippen LogP contribution in [0.3, 0.4) is 0 Å². The quantitative estimate of drug-likeness (QED) is 0.745. The van der Waals surface area contributed by atoms with Crippen molar-refractivity contribution in [2.24, 2.45) is 5.92 Å². The van der Waals surface area contributed by atoms with Crippen LogP contribution < -0.4 is 4.31 Å². The van der Waals surface area contributed by atoms with Gasteiger partial charge in [-0.25, -0.2) is 17.7 Å². The number of rotatable bonds is 1. The normalized spacial score (nSPS) is 22.2. The molecule has 0 saturated carbocycles. The second-order valence-corrected chi connectivity index (χ2v) is 6.83. The zero-order valence-corrected chi connectivity index (χ0v) is 10.9. The minimum Gasteiger partial charge on any atom is -0.384 e. The molecule has 0 radical (unpaired) electrons. The molecule has 1 aliphatic heterocycles. The number of hydrogen-bond donors (Lipinski definition) is 1. The molecule has 1 aromatic heterocycles. The molecule has 17 heavy (non-hydrogen) atoms. The molecule has 1 saturated heterocycles. The zero-order valence-electron chi connectivity index (χ0n) is 9.25. The lowest BCUT2D eigenvalue weighted by Crippen LogP contribution is -2.24. The number of thiazole rings is 1. The molecule has 1 aromatic rings. The molecule has 0 spiro atoms. The molecule has 1 N–H and O–H groups in total. The first-order valence-electron chi connectivity index (χ1n) is 5.09. The van der Waals surface area contributed by atoms with E-state index in [1.807, 2.05) is 6.92 Å². The summed E-state index contributed by atoms with van der Waals surface area (Å²) in [7, 11) is -3.21. The van der Waals surface area contributed by atoms with Gasteiger partial charge in [0.15, 0.2) is 5.13 Å². The molecule has 0 aliphatic carbocycles.